The first-order valence-corrected chi connectivity index (χ1v) is 11.3. The monoisotopic (exact) mass is 338 g/mol. The van der Waals surface area contributed by atoms with Gasteiger partial charge < -0.3 is 4.74 Å². The van der Waals surface area contributed by atoms with Crippen LogP contribution in [0.3, 0.4) is 0 Å². The zero-order valence-corrected chi connectivity index (χ0v) is 17.7. The van der Waals surface area contributed by atoms with Crippen molar-refractivity contribution in [2.75, 3.05) is 0 Å². The van der Waals surface area contributed by atoms with Gasteiger partial charge in [-0.15, -0.1) is 0 Å². The Hall–Kier alpha value is -0.313. The number of carbonyl (C=O) groups is 1. The Morgan fingerprint density at radius 1 is 1.04 bits per heavy atom. The lowest BCUT2D eigenvalue weighted by atomic mass is 9.70. The summed E-state index contributed by atoms with van der Waals surface area (Å²) >= 11 is 0. The number of ether oxygens (including phenoxy) is 1. The topological polar surface area (TPSA) is 26.3 Å². The summed E-state index contributed by atoms with van der Waals surface area (Å²) < 4.78 is 6.06. The van der Waals surface area contributed by atoms with Crippen LogP contribution in [0.15, 0.2) is 0 Å². The highest BCUT2D eigenvalue weighted by atomic mass is 28.1. The average Bonchev–Trinajstić information content (AvgIpc) is 2.60. The highest BCUT2D eigenvalue weighted by Gasteiger charge is 2.44. The molecule has 0 N–H and O–H groups in total. The van der Waals surface area contributed by atoms with Crippen molar-refractivity contribution in [2.24, 2.45) is 11.8 Å². The minimum absolute atomic E-state index is 0.143. The molecule has 2 saturated carbocycles. The molecule has 2 rings (SSSR count). The van der Waals surface area contributed by atoms with E-state index in [1.165, 1.54) is 64.2 Å². The Morgan fingerprint density at radius 2 is 1.61 bits per heavy atom. The summed E-state index contributed by atoms with van der Waals surface area (Å²) in [5.74, 6) is 1.50. The van der Waals surface area contributed by atoms with Gasteiger partial charge in [-0.25, -0.2) is 0 Å². The second kappa shape index (κ2) is 9.24. The van der Waals surface area contributed by atoms with E-state index in [-0.39, 0.29) is 17.1 Å². The Labute approximate surface area is 146 Å². The molecule has 0 aromatic heterocycles. The Bertz CT molecular complexity index is 359. The fourth-order valence-corrected chi connectivity index (χ4v) is 5.83. The lowest BCUT2D eigenvalue weighted by molar-refractivity contribution is -0.157. The first-order chi connectivity index (χ1) is 11.1. The molecule has 2 nitrogen and oxygen atoms in total. The lowest BCUT2D eigenvalue weighted by Gasteiger charge is -2.42. The summed E-state index contributed by atoms with van der Waals surface area (Å²) in [6.07, 6.45) is 16.4. The summed E-state index contributed by atoms with van der Waals surface area (Å²) in [7, 11) is 0.939. The Kier molecular flexibility index (Phi) is 7.64. The van der Waals surface area contributed by atoms with Crippen LogP contribution >= 0.6 is 0 Å². The maximum atomic E-state index is 13.1. The third-order valence-electron chi connectivity index (χ3n) is 6.66. The summed E-state index contributed by atoms with van der Waals surface area (Å²) in [5, 5.41) is -0.143. The largest absolute Gasteiger partial charge is 0.462 e. The Morgan fingerprint density at radius 3 is 2.13 bits per heavy atom. The predicted octanol–water partition coefficient (Wildman–Crippen LogP) is 4.79. The van der Waals surface area contributed by atoms with E-state index in [0.29, 0.717) is 5.92 Å². The normalized spacial score (nSPS) is 25.0. The minimum atomic E-state index is -0.143. The molecule has 0 amide bonds. The van der Waals surface area contributed by atoms with Crippen molar-refractivity contribution < 1.29 is 9.53 Å². The van der Waals surface area contributed by atoms with Gasteiger partial charge in [-0.05, 0) is 50.4 Å². The maximum absolute atomic E-state index is 13.1. The molecule has 2 atom stereocenters. The highest BCUT2D eigenvalue weighted by Crippen LogP contribution is 2.49. The van der Waals surface area contributed by atoms with Gasteiger partial charge in [0, 0.05) is 10.2 Å². The average molecular weight is 339 g/mol. The molecule has 2 aliphatic carbocycles. The summed E-state index contributed by atoms with van der Waals surface area (Å²) in [6.45, 7) is 4.50. The van der Waals surface area contributed by atoms with E-state index >= 15 is 0 Å². The van der Waals surface area contributed by atoms with Gasteiger partial charge in [-0.2, -0.15) is 0 Å². The quantitative estimate of drug-likeness (QED) is 0.492. The summed E-state index contributed by atoms with van der Waals surface area (Å²) in [6, 6.07) is 0. The minimum Gasteiger partial charge on any atom is -0.462 e. The number of rotatable bonds is 7. The van der Waals surface area contributed by atoms with Crippen LogP contribution in [0.4, 0.5) is 0 Å². The third kappa shape index (κ3) is 4.84. The van der Waals surface area contributed by atoms with Crippen molar-refractivity contribution in [1.29, 1.82) is 0 Å². The van der Waals surface area contributed by atoms with Crippen LogP contribution in [-0.2, 0) is 9.53 Å². The van der Waals surface area contributed by atoms with Gasteiger partial charge in [0.05, 0.1) is 5.04 Å². The van der Waals surface area contributed by atoms with Gasteiger partial charge in [-0.1, -0.05) is 58.8 Å². The smallest absolute Gasteiger partial charge is 0.308 e. The fraction of sp³-hybridized carbons (Fsp3) is 0.950. The molecule has 0 aromatic carbocycles. The molecular weight excluding hydrogens is 300 g/mol. The van der Waals surface area contributed by atoms with Crippen LogP contribution in [-0.4, -0.2) is 22.3 Å². The summed E-state index contributed by atoms with van der Waals surface area (Å²) in [4.78, 5) is 13.1. The molecule has 3 heteroatoms. The number of hydrogen-bond acceptors (Lipinski definition) is 2. The molecule has 2 aliphatic rings. The van der Waals surface area contributed by atoms with Crippen LogP contribution in [0.25, 0.3) is 0 Å². The van der Waals surface area contributed by atoms with E-state index < -0.39 is 0 Å². The SMILES string of the molecule is CCCC(C1CCCCC1)C([SiH3])(CC)C(=O)OC1CCCCC1. The molecule has 0 aromatic rings. The fourth-order valence-electron chi connectivity index (χ4n) is 4.95. The highest BCUT2D eigenvalue weighted by molar-refractivity contribution is 6.27. The van der Waals surface area contributed by atoms with Gasteiger partial charge in [0.1, 0.15) is 6.10 Å². The second-order valence-corrected chi connectivity index (χ2v) is 10.0. The lowest BCUT2D eigenvalue weighted by Crippen LogP contribution is -2.40. The van der Waals surface area contributed by atoms with E-state index in [0.717, 1.165) is 35.4 Å². The molecule has 0 bridgehead atoms. The van der Waals surface area contributed by atoms with Gasteiger partial charge >= 0.3 is 5.97 Å². The predicted molar refractivity (Wildman–Crippen MR) is 101 cm³/mol. The van der Waals surface area contributed by atoms with Crippen molar-refractivity contribution in [3.8, 4) is 0 Å². The van der Waals surface area contributed by atoms with E-state index in [1.54, 1.807) is 0 Å². The zero-order valence-electron chi connectivity index (χ0n) is 15.7. The first-order valence-electron chi connectivity index (χ1n) is 10.3. The molecule has 0 spiro atoms. The van der Waals surface area contributed by atoms with Crippen molar-refractivity contribution in [3.63, 3.8) is 0 Å². The van der Waals surface area contributed by atoms with Gasteiger partial charge in [0.2, 0.25) is 0 Å². The van der Waals surface area contributed by atoms with Crippen molar-refractivity contribution in [1.82, 2.24) is 0 Å². The van der Waals surface area contributed by atoms with Crippen molar-refractivity contribution >= 4 is 16.2 Å². The van der Waals surface area contributed by atoms with Crippen LogP contribution < -0.4 is 0 Å². The van der Waals surface area contributed by atoms with Gasteiger partial charge in [0.25, 0.3) is 0 Å². The summed E-state index contributed by atoms with van der Waals surface area (Å²) in [5.41, 5.74) is 0. The van der Waals surface area contributed by atoms with Crippen LogP contribution in [0.2, 0.25) is 5.04 Å². The molecule has 0 aliphatic heterocycles. The van der Waals surface area contributed by atoms with E-state index in [4.69, 9.17) is 4.74 Å². The third-order valence-corrected chi connectivity index (χ3v) is 8.52. The number of esters is 1. The molecule has 134 valence electrons. The van der Waals surface area contributed by atoms with E-state index in [2.05, 4.69) is 13.8 Å². The first kappa shape index (κ1) is 19.0. The molecule has 0 saturated heterocycles. The molecular formula is C20H38O2Si. The standard InChI is InChI=1S/C20H38O2Si/c1-3-11-18(16-12-7-5-8-13-16)20(23,4-2)19(21)22-17-14-9-6-10-15-17/h16-18H,3-15H2,1-2,23H3. The van der Waals surface area contributed by atoms with E-state index in [1.807, 2.05) is 0 Å². The van der Waals surface area contributed by atoms with Crippen LogP contribution in [0, 0.1) is 11.8 Å². The van der Waals surface area contributed by atoms with Crippen molar-refractivity contribution in [3.05, 3.63) is 0 Å². The molecule has 23 heavy (non-hydrogen) atoms. The molecule has 2 unspecified atom stereocenters. The Balaban J connectivity index is 2.07. The van der Waals surface area contributed by atoms with Gasteiger partial charge in [0.15, 0.2) is 0 Å². The van der Waals surface area contributed by atoms with Crippen LogP contribution in [0.5, 0.6) is 0 Å². The zero-order chi connectivity index (χ0) is 16.7. The number of carbonyl (C=O) groups excluding carboxylic acids is 1. The van der Waals surface area contributed by atoms with Crippen molar-refractivity contribution in [2.45, 2.75) is 108 Å². The molecule has 0 heterocycles. The molecule has 2 fully saturated rings. The molecule has 0 radical (unpaired) electrons. The van der Waals surface area contributed by atoms with E-state index in [9.17, 15) is 4.79 Å². The van der Waals surface area contributed by atoms with Gasteiger partial charge in [-0.3, -0.25) is 4.79 Å². The van der Waals surface area contributed by atoms with Crippen LogP contribution in [0.1, 0.15) is 97.3 Å². The second-order valence-electron chi connectivity index (χ2n) is 8.23. The number of hydrogen-bond donors (Lipinski definition) is 0. The maximum Gasteiger partial charge on any atom is 0.308 e.